The first kappa shape index (κ1) is 11.8. The average Bonchev–Trinajstić information content (AvgIpc) is 3.07. The number of rotatable bonds is 4. The van der Waals surface area contributed by atoms with Gasteiger partial charge in [0, 0.05) is 5.92 Å². The molecule has 2 rings (SSSR count). The normalized spacial score (nSPS) is 17.2. The molecule has 16 heavy (non-hydrogen) atoms. The predicted molar refractivity (Wildman–Crippen MR) is 70.1 cm³/mol. The van der Waals surface area contributed by atoms with E-state index in [4.69, 9.17) is 0 Å². The van der Waals surface area contributed by atoms with Gasteiger partial charge < -0.3 is 0 Å². The lowest BCUT2D eigenvalue weighted by molar-refractivity contribution is -0.119. The highest BCUT2D eigenvalue weighted by Gasteiger charge is 2.33. The molecule has 2 heteroatoms. The summed E-state index contributed by atoms with van der Waals surface area (Å²) >= 11 is 3.53. The average molecular weight is 281 g/mol. The lowest BCUT2D eigenvalue weighted by Gasteiger charge is -2.12. The lowest BCUT2D eigenvalue weighted by atomic mass is 9.98. The van der Waals surface area contributed by atoms with Crippen LogP contribution in [-0.4, -0.2) is 10.6 Å². The zero-order valence-electron chi connectivity index (χ0n) is 9.79. The van der Waals surface area contributed by atoms with Crippen LogP contribution in [0.4, 0.5) is 0 Å². The van der Waals surface area contributed by atoms with Gasteiger partial charge in [0.15, 0.2) is 0 Å². The van der Waals surface area contributed by atoms with Gasteiger partial charge in [0.25, 0.3) is 0 Å². The molecule has 1 aromatic carbocycles. The minimum absolute atomic E-state index is 0.000463. The summed E-state index contributed by atoms with van der Waals surface area (Å²) in [6.45, 7) is 4.25. The van der Waals surface area contributed by atoms with E-state index in [1.54, 1.807) is 0 Å². The second kappa shape index (κ2) is 4.70. The Bertz CT molecular complexity index is 407. The third-order valence-electron chi connectivity index (χ3n) is 3.40. The van der Waals surface area contributed by atoms with Crippen molar-refractivity contribution in [3.8, 4) is 0 Å². The van der Waals surface area contributed by atoms with Gasteiger partial charge in [-0.1, -0.05) is 34.1 Å². The van der Waals surface area contributed by atoms with E-state index in [1.807, 2.05) is 0 Å². The van der Waals surface area contributed by atoms with E-state index in [0.717, 1.165) is 19.3 Å². The quantitative estimate of drug-likeness (QED) is 0.771. The van der Waals surface area contributed by atoms with Crippen molar-refractivity contribution in [1.29, 1.82) is 0 Å². The number of ketones is 1. The summed E-state index contributed by atoms with van der Waals surface area (Å²) in [5.41, 5.74) is 3.91. The predicted octanol–water partition coefficient (Wildman–Crippen LogP) is 3.59. The van der Waals surface area contributed by atoms with Crippen LogP contribution in [0.3, 0.4) is 0 Å². The molecule has 1 atom stereocenters. The number of hydrogen-bond donors (Lipinski definition) is 0. The number of hydrogen-bond acceptors (Lipinski definition) is 1. The zero-order valence-corrected chi connectivity index (χ0v) is 11.4. The van der Waals surface area contributed by atoms with Crippen molar-refractivity contribution in [3.63, 3.8) is 0 Å². The lowest BCUT2D eigenvalue weighted by Crippen LogP contribution is -2.18. The van der Waals surface area contributed by atoms with Crippen molar-refractivity contribution in [2.75, 3.05) is 0 Å². The Balaban J connectivity index is 2.08. The van der Waals surface area contributed by atoms with E-state index < -0.39 is 0 Å². The van der Waals surface area contributed by atoms with Crippen molar-refractivity contribution in [1.82, 2.24) is 0 Å². The van der Waals surface area contributed by atoms with Crippen LogP contribution >= 0.6 is 15.9 Å². The van der Waals surface area contributed by atoms with E-state index >= 15 is 0 Å². The molecule has 1 aliphatic rings. The van der Waals surface area contributed by atoms with Gasteiger partial charge in [0.1, 0.15) is 5.78 Å². The number of benzene rings is 1. The molecule has 0 N–H and O–H groups in total. The van der Waals surface area contributed by atoms with Crippen LogP contribution in [0.1, 0.15) is 29.5 Å². The molecule has 1 saturated carbocycles. The molecule has 0 radical (unpaired) electrons. The molecule has 0 spiro atoms. The first-order valence-electron chi connectivity index (χ1n) is 5.82. The third kappa shape index (κ3) is 2.54. The summed E-state index contributed by atoms with van der Waals surface area (Å²) in [4.78, 5) is 11.9. The van der Waals surface area contributed by atoms with Crippen molar-refractivity contribution in [2.45, 2.75) is 37.9 Å². The standard InChI is InChI=1S/C14H17BrO/c1-9-4-3-5-12(10(9)2)8-13(15)14(16)11-6-7-11/h3-5,11,13H,6-8H2,1-2H3. The Labute approximate surface area is 105 Å². The smallest absolute Gasteiger partial charge is 0.149 e. The maximum absolute atomic E-state index is 11.9. The van der Waals surface area contributed by atoms with E-state index in [2.05, 4.69) is 48.0 Å². The van der Waals surface area contributed by atoms with Crippen molar-refractivity contribution >= 4 is 21.7 Å². The van der Waals surface area contributed by atoms with Gasteiger partial charge >= 0.3 is 0 Å². The molecule has 0 saturated heterocycles. The SMILES string of the molecule is Cc1cccc(CC(Br)C(=O)C2CC2)c1C. The van der Waals surface area contributed by atoms with Crippen LogP contribution in [0.5, 0.6) is 0 Å². The number of carbonyl (C=O) groups excluding carboxylic acids is 1. The Hall–Kier alpha value is -0.630. The van der Waals surface area contributed by atoms with E-state index in [0.29, 0.717) is 11.7 Å². The number of alkyl halides is 1. The Morgan fingerprint density at radius 3 is 2.75 bits per heavy atom. The number of aryl methyl sites for hydroxylation is 1. The van der Waals surface area contributed by atoms with Gasteiger partial charge in [-0.25, -0.2) is 0 Å². The first-order valence-corrected chi connectivity index (χ1v) is 6.74. The largest absolute Gasteiger partial charge is 0.298 e. The van der Waals surface area contributed by atoms with E-state index in [9.17, 15) is 4.79 Å². The van der Waals surface area contributed by atoms with Gasteiger partial charge in [0.05, 0.1) is 4.83 Å². The van der Waals surface area contributed by atoms with Crippen LogP contribution in [0, 0.1) is 19.8 Å². The molecule has 1 nitrogen and oxygen atoms in total. The maximum atomic E-state index is 11.9. The highest BCUT2D eigenvalue weighted by atomic mass is 79.9. The summed E-state index contributed by atoms with van der Waals surface area (Å²) in [7, 11) is 0. The number of Topliss-reactive ketones (excluding diaryl/α,β-unsaturated/α-hetero) is 1. The maximum Gasteiger partial charge on any atom is 0.149 e. The third-order valence-corrected chi connectivity index (χ3v) is 4.18. The van der Waals surface area contributed by atoms with Crippen LogP contribution in [-0.2, 0) is 11.2 Å². The fourth-order valence-electron chi connectivity index (χ4n) is 1.95. The van der Waals surface area contributed by atoms with Crippen molar-refractivity contribution in [2.24, 2.45) is 5.92 Å². The van der Waals surface area contributed by atoms with Gasteiger partial charge in [-0.2, -0.15) is 0 Å². The molecular formula is C14H17BrO. The fourth-order valence-corrected chi connectivity index (χ4v) is 2.67. The van der Waals surface area contributed by atoms with Gasteiger partial charge in [-0.15, -0.1) is 0 Å². The molecule has 86 valence electrons. The number of halogens is 1. The topological polar surface area (TPSA) is 17.1 Å². The molecule has 1 unspecified atom stereocenters. The molecular weight excluding hydrogens is 264 g/mol. The van der Waals surface area contributed by atoms with E-state index in [1.165, 1.54) is 16.7 Å². The van der Waals surface area contributed by atoms with Gasteiger partial charge in [0.2, 0.25) is 0 Å². The molecule has 1 aliphatic carbocycles. The minimum atomic E-state index is 0.000463. The Morgan fingerprint density at radius 2 is 2.12 bits per heavy atom. The molecule has 0 aliphatic heterocycles. The second-order valence-electron chi connectivity index (χ2n) is 4.71. The Morgan fingerprint density at radius 1 is 1.44 bits per heavy atom. The van der Waals surface area contributed by atoms with Crippen LogP contribution in [0.25, 0.3) is 0 Å². The molecule has 0 bridgehead atoms. The van der Waals surface area contributed by atoms with E-state index in [-0.39, 0.29) is 4.83 Å². The van der Waals surface area contributed by atoms with Gasteiger partial charge in [-0.3, -0.25) is 4.79 Å². The summed E-state index contributed by atoms with van der Waals surface area (Å²) in [5, 5.41) is 0. The number of carbonyl (C=O) groups is 1. The summed E-state index contributed by atoms with van der Waals surface area (Å²) in [6, 6.07) is 6.31. The highest BCUT2D eigenvalue weighted by molar-refractivity contribution is 9.10. The second-order valence-corrected chi connectivity index (χ2v) is 5.81. The van der Waals surface area contributed by atoms with Gasteiger partial charge in [-0.05, 0) is 49.8 Å². The van der Waals surface area contributed by atoms with Crippen molar-refractivity contribution in [3.05, 3.63) is 34.9 Å². The first-order chi connectivity index (χ1) is 7.59. The molecule has 1 fully saturated rings. The Kier molecular flexibility index (Phi) is 3.48. The molecule has 0 aromatic heterocycles. The summed E-state index contributed by atoms with van der Waals surface area (Å²) < 4.78 is 0. The zero-order chi connectivity index (χ0) is 11.7. The van der Waals surface area contributed by atoms with Crippen LogP contribution < -0.4 is 0 Å². The minimum Gasteiger partial charge on any atom is -0.298 e. The monoisotopic (exact) mass is 280 g/mol. The van der Waals surface area contributed by atoms with Crippen LogP contribution in [0.2, 0.25) is 0 Å². The highest BCUT2D eigenvalue weighted by Crippen LogP contribution is 2.33. The summed E-state index contributed by atoms with van der Waals surface area (Å²) in [5.74, 6) is 0.732. The summed E-state index contributed by atoms with van der Waals surface area (Å²) in [6.07, 6.45) is 3.00. The van der Waals surface area contributed by atoms with Crippen molar-refractivity contribution < 1.29 is 4.79 Å². The molecule has 0 heterocycles. The fraction of sp³-hybridized carbons (Fsp3) is 0.500. The van der Waals surface area contributed by atoms with Crippen LogP contribution in [0.15, 0.2) is 18.2 Å². The molecule has 0 amide bonds. The molecule has 1 aromatic rings.